The number of halogens is 2. The SMILES string of the molecule is COC(=O)c1ccc(/C=C/C(=O)Nc2cc(NC(C)=O)c(F)cc2F)cc1. The van der Waals surface area contributed by atoms with Crippen molar-refractivity contribution < 1.29 is 27.9 Å². The maximum absolute atomic E-state index is 13.8. The molecule has 0 aromatic heterocycles. The molecular weight excluding hydrogens is 358 g/mol. The molecule has 27 heavy (non-hydrogen) atoms. The molecule has 0 radical (unpaired) electrons. The summed E-state index contributed by atoms with van der Waals surface area (Å²) in [7, 11) is 1.27. The molecule has 2 amide bonds. The number of methoxy groups -OCH3 is 1. The second kappa shape index (κ2) is 8.70. The summed E-state index contributed by atoms with van der Waals surface area (Å²) in [4.78, 5) is 34.3. The number of esters is 1. The van der Waals surface area contributed by atoms with Gasteiger partial charge in [0.2, 0.25) is 11.8 Å². The van der Waals surface area contributed by atoms with Crippen molar-refractivity contribution in [3.05, 3.63) is 65.2 Å². The monoisotopic (exact) mass is 374 g/mol. The lowest BCUT2D eigenvalue weighted by Gasteiger charge is -2.09. The number of amides is 2. The van der Waals surface area contributed by atoms with Crippen LogP contribution in [0.3, 0.4) is 0 Å². The molecule has 2 rings (SSSR count). The van der Waals surface area contributed by atoms with Crippen LogP contribution in [-0.2, 0) is 14.3 Å². The summed E-state index contributed by atoms with van der Waals surface area (Å²) in [6, 6.07) is 7.82. The Balaban J connectivity index is 2.10. The molecule has 0 saturated carbocycles. The van der Waals surface area contributed by atoms with Gasteiger partial charge in [0.15, 0.2) is 0 Å². The van der Waals surface area contributed by atoms with Gasteiger partial charge in [0.05, 0.1) is 24.0 Å². The molecular formula is C19H16F2N2O4. The maximum atomic E-state index is 13.8. The molecule has 0 heterocycles. The van der Waals surface area contributed by atoms with E-state index in [-0.39, 0.29) is 11.4 Å². The Labute approximate surface area is 153 Å². The Hall–Kier alpha value is -3.55. The fraction of sp³-hybridized carbons (Fsp3) is 0.105. The molecule has 140 valence electrons. The second-order valence-corrected chi connectivity index (χ2v) is 5.43. The summed E-state index contributed by atoms with van der Waals surface area (Å²) in [5, 5.41) is 4.47. The minimum absolute atomic E-state index is 0.249. The summed E-state index contributed by atoms with van der Waals surface area (Å²) >= 11 is 0. The number of hydrogen-bond acceptors (Lipinski definition) is 4. The van der Waals surface area contributed by atoms with Gasteiger partial charge in [-0.05, 0) is 29.8 Å². The highest BCUT2D eigenvalue weighted by molar-refractivity contribution is 6.02. The molecule has 0 saturated heterocycles. The molecule has 0 aliphatic heterocycles. The van der Waals surface area contributed by atoms with Crippen LogP contribution in [0.1, 0.15) is 22.8 Å². The van der Waals surface area contributed by atoms with Crippen molar-refractivity contribution in [3.63, 3.8) is 0 Å². The highest BCUT2D eigenvalue weighted by Crippen LogP contribution is 2.23. The zero-order valence-electron chi connectivity index (χ0n) is 14.5. The van der Waals surface area contributed by atoms with Crippen LogP contribution in [0.15, 0.2) is 42.5 Å². The standard InChI is InChI=1S/C19H16F2N2O4/c1-11(24)22-16-10-17(15(21)9-14(16)20)23-18(25)8-5-12-3-6-13(7-4-12)19(26)27-2/h3-10H,1-2H3,(H,22,24)(H,23,25)/b8-5+. The summed E-state index contributed by atoms with van der Waals surface area (Å²) in [6.07, 6.45) is 2.60. The number of carbonyl (C=O) groups is 3. The van der Waals surface area contributed by atoms with E-state index in [1.165, 1.54) is 32.2 Å². The number of ether oxygens (including phenoxy) is 1. The Morgan fingerprint density at radius 3 is 2.11 bits per heavy atom. The van der Waals surface area contributed by atoms with E-state index >= 15 is 0 Å². The van der Waals surface area contributed by atoms with Gasteiger partial charge in [-0.3, -0.25) is 9.59 Å². The van der Waals surface area contributed by atoms with E-state index in [0.717, 1.165) is 12.1 Å². The first kappa shape index (κ1) is 19.8. The van der Waals surface area contributed by atoms with Crippen molar-refractivity contribution in [3.8, 4) is 0 Å². The van der Waals surface area contributed by atoms with Gasteiger partial charge >= 0.3 is 5.97 Å². The number of hydrogen-bond donors (Lipinski definition) is 2. The molecule has 8 heteroatoms. The quantitative estimate of drug-likeness (QED) is 0.621. The molecule has 2 N–H and O–H groups in total. The lowest BCUT2D eigenvalue weighted by Crippen LogP contribution is -2.12. The minimum atomic E-state index is -0.981. The van der Waals surface area contributed by atoms with Crippen molar-refractivity contribution in [2.24, 2.45) is 0 Å². The number of nitrogens with one attached hydrogen (secondary N) is 2. The first-order chi connectivity index (χ1) is 12.8. The lowest BCUT2D eigenvalue weighted by atomic mass is 10.1. The molecule has 2 aromatic rings. The van der Waals surface area contributed by atoms with E-state index in [1.54, 1.807) is 12.1 Å². The van der Waals surface area contributed by atoms with Crippen LogP contribution in [0.2, 0.25) is 0 Å². The van der Waals surface area contributed by atoms with Crippen molar-refractivity contribution in [1.29, 1.82) is 0 Å². The van der Waals surface area contributed by atoms with Gasteiger partial charge in [-0.1, -0.05) is 12.1 Å². The first-order valence-electron chi connectivity index (χ1n) is 7.74. The molecule has 6 nitrogen and oxygen atoms in total. The van der Waals surface area contributed by atoms with Crippen molar-refractivity contribution in [2.75, 3.05) is 17.7 Å². The van der Waals surface area contributed by atoms with Crippen molar-refractivity contribution in [1.82, 2.24) is 0 Å². The third kappa shape index (κ3) is 5.46. The average molecular weight is 374 g/mol. The smallest absolute Gasteiger partial charge is 0.337 e. The summed E-state index contributed by atoms with van der Waals surface area (Å²) in [6.45, 7) is 1.18. The summed E-state index contributed by atoms with van der Waals surface area (Å²) < 4.78 is 32.0. The van der Waals surface area contributed by atoms with E-state index in [4.69, 9.17) is 0 Å². The number of carbonyl (C=O) groups excluding carboxylic acids is 3. The largest absolute Gasteiger partial charge is 0.465 e. The molecule has 0 bridgehead atoms. The van der Waals surface area contributed by atoms with Gasteiger partial charge in [-0.15, -0.1) is 0 Å². The van der Waals surface area contributed by atoms with Crippen molar-refractivity contribution >= 4 is 35.2 Å². The third-order valence-corrected chi connectivity index (χ3v) is 3.38. The van der Waals surface area contributed by atoms with Crippen molar-refractivity contribution in [2.45, 2.75) is 6.92 Å². The van der Waals surface area contributed by atoms with Crippen LogP contribution in [-0.4, -0.2) is 24.9 Å². The third-order valence-electron chi connectivity index (χ3n) is 3.38. The minimum Gasteiger partial charge on any atom is -0.465 e. The van der Waals surface area contributed by atoms with E-state index in [9.17, 15) is 23.2 Å². The number of rotatable bonds is 5. The van der Waals surface area contributed by atoms with E-state index in [0.29, 0.717) is 17.2 Å². The molecule has 0 fully saturated rings. The van der Waals surface area contributed by atoms with E-state index in [1.807, 2.05) is 0 Å². The molecule has 0 atom stereocenters. The zero-order chi connectivity index (χ0) is 20.0. The highest BCUT2D eigenvalue weighted by atomic mass is 19.1. The predicted molar refractivity (Wildman–Crippen MR) is 96.1 cm³/mol. The van der Waals surface area contributed by atoms with Gasteiger partial charge in [0, 0.05) is 19.1 Å². The topological polar surface area (TPSA) is 84.5 Å². The first-order valence-corrected chi connectivity index (χ1v) is 7.74. The fourth-order valence-electron chi connectivity index (χ4n) is 2.12. The van der Waals surface area contributed by atoms with E-state index in [2.05, 4.69) is 15.4 Å². The Morgan fingerprint density at radius 2 is 1.56 bits per heavy atom. The van der Waals surface area contributed by atoms with Crippen LogP contribution in [0, 0.1) is 11.6 Å². The molecule has 0 aliphatic rings. The van der Waals surface area contributed by atoms with Gasteiger partial charge in [0.25, 0.3) is 0 Å². The second-order valence-electron chi connectivity index (χ2n) is 5.43. The molecule has 0 unspecified atom stereocenters. The number of benzene rings is 2. The Kier molecular flexibility index (Phi) is 6.37. The highest BCUT2D eigenvalue weighted by Gasteiger charge is 2.12. The van der Waals surface area contributed by atoms with Crippen LogP contribution in [0.25, 0.3) is 6.08 Å². The summed E-state index contributed by atoms with van der Waals surface area (Å²) in [5.74, 6) is -3.61. The summed E-state index contributed by atoms with van der Waals surface area (Å²) in [5.41, 5.74) is 0.451. The maximum Gasteiger partial charge on any atom is 0.337 e. The van der Waals surface area contributed by atoms with Gasteiger partial charge < -0.3 is 15.4 Å². The predicted octanol–water partition coefficient (Wildman–Crippen LogP) is 3.36. The van der Waals surface area contributed by atoms with Crippen LogP contribution in [0.4, 0.5) is 20.2 Å². The average Bonchev–Trinajstić information content (AvgIpc) is 2.63. The molecule has 0 spiro atoms. The van der Waals surface area contributed by atoms with Gasteiger partial charge in [-0.2, -0.15) is 0 Å². The van der Waals surface area contributed by atoms with Crippen LogP contribution in [0.5, 0.6) is 0 Å². The Bertz CT molecular complexity index is 909. The number of anilines is 2. The molecule has 2 aromatic carbocycles. The Morgan fingerprint density at radius 1 is 0.963 bits per heavy atom. The lowest BCUT2D eigenvalue weighted by molar-refractivity contribution is -0.114. The van der Waals surface area contributed by atoms with Crippen LogP contribution >= 0.6 is 0 Å². The fourth-order valence-corrected chi connectivity index (χ4v) is 2.12. The van der Waals surface area contributed by atoms with Gasteiger partial charge in [-0.25, -0.2) is 13.6 Å². The van der Waals surface area contributed by atoms with E-state index < -0.39 is 29.4 Å². The van der Waals surface area contributed by atoms with Crippen LogP contribution < -0.4 is 10.6 Å². The molecule has 0 aliphatic carbocycles. The zero-order valence-corrected chi connectivity index (χ0v) is 14.5. The van der Waals surface area contributed by atoms with Gasteiger partial charge in [0.1, 0.15) is 11.6 Å². The normalized spacial score (nSPS) is 10.5.